The van der Waals surface area contributed by atoms with Crippen molar-refractivity contribution < 1.29 is 27.5 Å². The van der Waals surface area contributed by atoms with Crippen LogP contribution in [0.4, 0.5) is 11.4 Å². The number of benzene rings is 5. The van der Waals surface area contributed by atoms with Gasteiger partial charge >= 0.3 is 5.97 Å². The van der Waals surface area contributed by atoms with E-state index in [4.69, 9.17) is 26.1 Å². The lowest BCUT2D eigenvalue weighted by atomic mass is 10.0. The fraction of sp³-hybridized carbons (Fsp3) is 0.108. The van der Waals surface area contributed by atoms with Gasteiger partial charge in [0.1, 0.15) is 5.75 Å². The predicted molar refractivity (Wildman–Crippen MR) is 188 cm³/mol. The fourth-order valence-electron chi connectivity index (χ4n) is 5.37. The molecule has 0 aliphatic heterocycles. The van der Waals surface area contributed by atoms with E-state index in [1.165, 1.54) is 22.5 Å². The van der Waals surface area contributed by atoms with Crippen molar-refractivity contribution in [2.45, 2.75) is 11.8 Å². The first-order chi connectivity index (χ1) is 23.2. The molecule has 0 bridgehead atoms. The van der Waals surface area contributed by atoms with E-state index in [9.17, 15) is 18.0 Å². The minimum Gasteiger partial charge on any atom is -0.497 e. The lowest BCUT2D eigenvalue weighted by Crippen LogP contribution is -2.30. The summed E-state index contributed by atoms with van der Waals surface area (Å²) >= 11 is 6.33. The van der Waals surface area contributed by atoms with Gasteiger partial charge < -0.3 is 14.8 Å². The molecule has 48 heavy (non-hydrogen) atoms. The van der Waals surface area contributed by atoms with E-state index in [0.29, 0.717) is 22.3 Å². The number of carbonyl (C=O) groups excluding carboxylic acids is 2. The lowest BCUT2D eigenvalue weighted by molar-refractivity contribution is -0.119. The Balaban J connectivity index is 1.21. The van der Waals surface area contributed by atoms with Gasteiger partial charge in [-0.3, -0.25) is 9.10 Å². The summed E-state index contributed by atoms with van der Waals surface area (Å²) in [5.41, 5.74) is 2.74. The minimum absolute atomic E-state index is 0.0616. The van der Waals surface area contributed by atoms with Crippen LogP contribution in [0.1, 0.15) is 17.3 Å². The van der Waals surface area contributed by atoms with Crippen molar-refractivity contribution in [3.05, 3.63) is 126 Å². The maximum absolute atomic E-state index is 13.5. The lowest BCUT2D eigenvalue weighted by Gasteiger charge is -2.23. The van der Waals surface area contributed by atoms with Crippen LogP contribution in [0.15, 0.2) is 120 Å². The number of carbonyl (C=O) groups is 2. The number of ether oxygens (including phenoxy) is 2. The van der Waals surface area contributed by atoms with Gasteiger partial charge in [-0.05, 0) is 78.4 Å². The number of anilines is 2. The molecule has 0 aliphatic carbocycles. The van der Waals surface area contributed by atoms with Crippen LogP contribution < -0.4 is 14.4 Å². The Kier molecular flexibility index (Phi) is 9.29. The average Bonchev–Trinajstić information content (AvgIpc) is 3.11. The number of methoxy groups -OCH3 is 1. The molecule has 1 heterocycles. The maximum Gasteiger partial charge on any atom is 0.339 e. The number of rotatable bonds is 10. The van der Waals surface area contributed by atoms with Gasteiger partial charge in [0.05, 0.1) is 45.2 Å². The predicted octanol–water partition coefficient (Wildman–Crippen LogP) is 7.73. The third-order valence-electron chi connectivity index (χ3n) is 7.74. The topological polar surface area (TPSA) is 115 Å². The number of fused-ring (bicyclic) bond motifs is 2. The second-order valence-corrected chi connectivity index (χ2v) is 13.0. The molecule has 0 saturated carbocycles. The zero-order chi connectivity index (χ0) is 33.8. The van der Waals surface area contributed by atoms with Gasteiger partial charge in [-0.25, -0.2) is 18.2 Å². The molecule has 0 fully saturated rings. The normalized spacial score (nSPS) is 11.3. The van der Waals surface area contributed by atoms with Gasteiger partial charge in [-0.1, -0.05) is 66.2 Å². The molecule has 1 amide bonds. The van der Waals surface area contributed by atoms with Gasteiger partial charge in [-0.2, -0.15) is 0 Å². The molecule has 11 heteroatoms. The van der Waals surface area contributed by atoms with Crippen molar-refractivity contribution in [2.24, 2.45) is 0 Å². The van der Waals surface area contributed by atoms with E-state index in [1.54, 1.807) is 68.6 Å². The Labute approximate surface area is 282 Å². The number of halogens is 1. The summed E-state index contributed by atoms with van der Waals surface area (Å²) in [7, 11) is -2.36. The first-order valence-corrected chi connectivity index (χ1v) is 16.8. The highest BCUT2D eigenvalue weighted by molar-refractivity contribution is 7.92. The summed E-state index contributed by atoms with van der Waals surface area (Å²) in [5.74, 6) is -0.669. The van der Waals surface area contributed by atoms with E-state index >= 15 is 0 Å². The third-order valence-corrected chi connectivity index (χ3v) is 9.97. The van der Waals surface area contributed by atoms with Crippen LogP contribution in [0.2, 0.25) is 5.02 Å². The molecule has 242 valence electrons. The van der Waals surface area contributed by atoms with Crippen LogP contribution in [0, 0.1) is 0 Å². The Bertz CT molecular complexity index is 2280. The van der Waals surface area contributed by atoms with Gasteiger partial charge in [-0.15, -0.1) is 0 Å². The number of nitrogens with one attached hydrogen (secondary N) is 1. The summed E-state index contributed by atoms with van der Waals surface area (Å²) in [6.45, 7) is 1.28. The summed E-state index contributed by atoms with van der Waals surface area (Å²) in [5, 5.41) is 5.23. The van der Waals surface area contributed by atoms with E-state index in [0.717, 1.165) is 22.1 Å². The smallest absolute Gasteiger partial charge is 0.339 e. The molecule has 0 saturated heterocycles. The van der Waals surface area contributed by atoms with Crippen LogP contribution in [-0.4, -0.2) is 45.5 Å². The molecule has 6 aromatic rings. The monoisotopic (exact) mass is 679 g/mol. The molecular weight excluding hydrogens is 650 g/mol. The average molecular weight is 680 g/mol. The van der Waals surface area contributed by atoms with Crippen molar-refractivity contribution >= 4 is 66.6 Å². The largest absolute Gasteiger partial charge is 0.497 e. The SMILES string of the molecule is CCN(c1ccccc1)S(=O)(=O)c1ccc(Cl)c(NC(=O)COC(=O)c2cc(-c3ccc4cc(OC)ccc4c3)nc3ccccc23)c1. The van der Waals surface area contributed by atoms with Crippen molar-refractivity contribution in [1.29, 1.82) is 0 Å². The molecular formula is C37H30ClN3O6S. The summed E-state index contributed by atoms with van der Waals surface area (Å²) in [4.78, 5) is 31.1. The van der Waals surface area contributed by atoms with E-state index in [-0.39, 0.29) is 27.7 Å². The van der Waals surface area contributed by atoms with Crippen molar-refractivity contribution in [2.75, 3.05) is 29.9 Å². The number of nitrogens with zero attached hydrogens (tertiary/aromatic N) is 2. The zero-order valence-corrected chi connectivity index (χ0v) is 27.6. The van der Waals surface area contributed by atoms with Crippen LogP contribution in [0.25, 0.3) is 32.9 Å². The molecule has 0 aliphatic rings. The van der Waals surface area contributed by atoms with Gasteiger partial charge in [0.25, 0.3) is 15.9 Å². The van der Waals surface area contributed by atoms with E-state index in [2.05, 4.69) is 5.32 Å². The van der Waals surface area contributed by atoms with Crippen LogP contribution in [0.3, 0.4) is 0 Å². The highest BCUT2D eigenvalue weighted by Gasteiger charge is 2.25. The number of sulfonamides is 1. The second-order valence-electron chi connectivity index (χ2n) is 10.8. The Morgan fingerprint density at radius 1 is 0.854 bits per heavy atom. The Morgan fingerprint density at radius 2 is 1.58 bits per heavy atom. The first kappa shape index (κ1) is 32.5. The fourth-order valence-corrected chi connectivity index (χ4v) is 7.04. The van der Waals surface area contributed by atoms with Crippen LogP contribution in [0.5, 0.6) is 5.75 Å². The highest BCUT2D eigenvalue weighted by Crippen LogP contribution is 2.31. The van der Waals surface area contributed by atoms with Gasteiger partial charge in [0, 0.05) is 17.5 Å². The molecule has 5 aromatic carbocycles. The summed E-state index contributed by atoms with van der Waals surface area (Å²) in [6, 6.07) is 33.2. The molecule has 0 atom stereocenters. The number of amides is 1. The quantitative estimate of drug-likeness (QED) is 0.147. The van der Waals surface area contributed by atoms with Crippen molar-refractivity contribution in [3.63, 3.8) is 0 Å². The van der Waals surface area contributed by atoms with Crippen LogP contribution in [-0.2, 0) is 19.6 Å². The number of hydrogen-bond acceptors (Lipinski definition) is 7. The number of pyridine rings is 1. The number of para-hydroxylation sites is 2. The number of aromatic nitrogens is 1. The van der Waals surface area contributed by atoms with Crippen LogP contribution >= 0.6 is 11.6 Å². The molecule has 9 nitrogen and oxygen atoms in total. The molecule has 6 rings (SSSR count). The summed E-state index contributed by atoms with van der Waals surface area (Å²) in [6.07, 6.45) is 0. The molecule has 1 N–H and O–H groups in total. The van der Waals surface area contributed by atoms with E-state index < -0.39 is 28.5 Å². The van der Waals surface area contributed by atoms with Crippen molar-refractivity contribution in [3.8, 4) is 17.0 Å². The van der Waals surface area contributed by atoms with Gasteiger partial charge in [0.2, 0.25) is 0 Å². The molecule has 0 spiro atoms. The first-order valence-electron chi connectivity index (χ1n) is 15.0. The Hall–Kier alpha value is -5.45. The highest BCUT2D eigenvalue weighted by atomic mass is 35.5. The minimum atomic E-state index is -3.98. The third kappa shape index (κ3) is 6.67. The maximum atomic E-state index is 13.5. The number of esters is 1. The van der Waals surface area contributed by atoms with Gasteiger partial charge in [0.15, 0.2) is 6.61 Å². The summed E-state index contributed by atoms with van der Waals surface area (Å²) < 4.78 is 39.0. The number of hydrogen-bond donors (Lipinski definition) is 1. The standard InChI is InChI=1S/C37H30ClN3O6S/c1-3-41(27-9-5-4-6-10-27)48(44,45)29-17-18-32(38)35(21-29)40-36(42)23-47-37(43)31-22-34(39-33-12-8-7-11-30(31)33)26-14-13-25-20-28(46-2)16-15-24(25)19-26/h4-22H,3,23H2,1-2H3,(H,40,42). The molecule has 1 aromatic heterocycles. The van der Waals surface area contributed by atoms with Crippen molar-refractivity contribution in [1.82, 2.24) is 4.98 Å². The zero-order valence-electron chi connectivity index (χ0n) is 26.0. The molecule has 0 radical (unpaired) electrons. The second kappa shape index (κ2) is 13.7. The molecule has 0 unspecified atom stereocenters. The Morgan fingerprint density at radius 3 is 2.35 bits per heavy atom. The van der Waals surface area contributed by atoms with E-state index in [1.807, 2.05) is 42.5 Å².